The van der Waals surface area contributed by atoms with Crippen LogP contribution < -0.4 is 11.1 Å². The molecular weight excluding hydrogens is 331 g/mol. The summed E-state index contributed by atoms with van der Waals surface area (Å²) < 4.78 is 0.957. The molecule has 1 heterocycles. The number of hydrogen-bond donors (Lipinski definition) is 2. The number of amides is 1. The molecule has 0 aliphatic heterocycles. The number of rotatable bonds is 3. The topological polar surface area (TPSA) is 80.9 Å². The Morgan fingerprint density at radius 1 is 1.29 bits per heavy atom. The van der Waals surface area contributed by atoms with Crippen LogP contribution in [0.5, 0.6) is 0 Å². The molecule has 0 aliphatic carbocycles. The summed E-state index contributed by atoms with van der Waals surface area (Å²) in [7, 11) is 0. The molecular formula is C11H9IN4O. The number of halogens is 1. The average molecular weight is 340 g/mol. The fourth-order valence-electron chi connectivity index (χ4n) is 1.26. The van der Waals surface area contributed by atoms with Crippen molar-refractivity contribution in [2.75, 3.05) is 5.32 Å². The lowest BCUT2D eigenvalue weighted by Crippen LogP contribution is -2.11. The van der Waals surface area contributed by atoms with Crippen molar-refractivity contribution in [3.05, 3.63) is 45.8 Å². The third-order valence-electron chi connectivity index (χ3n) is 2.02. The smallest absolute Gasteiger partial charge is 0.248 e. The van der Waals surface area contributed by atoms with Crippen LogP contribution in [0.4, 0.5) is 11.6 Å². The Balaban J connectivity index is 2.21. The zero-order chi connectivity index (χ0) is 12.3. The molecule has 1 aromatic carbocycles. The van der Waals surface area contributed by atoms with Gasteiger partial charge in [-0.3, -0.25) is 4.79 Å². The minimum absolute atomic E-state index is 0.445. The van der Waals surface area contributed by atoms with Gasteiger partial charge in [0.2, 0.25) is 11.9 Å². The van der Waals surface area contributed by atoms with Gasteiger partial charge in [0.05, 0.1) is 0 Å². The molecule has 5 nitrogen and oxygen atoms in total. The first-order chi connectivity index (χ1) is 8.15. The number of carbonyl (C=O) groups excluding carboxylic acids is 1. The summed E-state index contributed by atoms with van der Waals surface area (Å²) in [5.41, 5.74) is 6.37. The highest BCUT2D eigenvalue weighted by Crippen LogP contribution is 2.14. The Morgan fingerprint density at radius 2 is 2.00 bits per heavy atom. The maximum Gasteiger partial charge on any atom is 0.248 e. The molecule has 0 fully saturated rings. The Labute approximate surface area is 112 Å². The SMILES string of the molecule is NC(=O)c1cccc(Nc2ncc(I)cn2)c1. The third-order valence-corrected chi connectivity index (χ3v) is 2.58. The molecule has 0 saturated carbocycles. The van der Waals surface area contributed by atoms with Crippen LogP contribution in [0.1, 0.15) is 10.4 Å². The van der Waals surface area contributed by atoms with Gasteiger partial charge in [-0.2, -0.15) is 0 Å². The molecule has 86 valence electrons. The van der Waals surface area contributed by atoms with Gasteiger partial charge in [-0.15, -0.1) is 0 Å². The Kier molecular flexibility index (Phi) is 3.52. The number of primary amides is 1. The van der Waals surface area contributed by atoms with Crippen molar-refractivity contribution in [2.24, 2.45) is 5.73 Å². The lowest BCUT2D eigenvalue weighted by Gasteiger charge is -2.05. The summed E-state index contributed by atoms with van der Waals surface area (Å²) in [4.78, 5) is 19.2. The summed E-state index contributed by atoms with van der Waals surface area (Å²) in [5, 5.41) is 2.99. The Bertz CT molecular complexity index is 541. The molecule has 2 rings (SSSR count). The molecule has 0 unspecified atom stereocenters. The molecule has 0 spiro atoms. The van der Waals surface area contributed by atoms with E-state index >= 15 is 0 Å². The van der Waals surface area contributed by atoms with Crippen LogP contribution in [0.3, 0.4) is 0 Å². The van der Waals surface area contributed by atoms with Crippen LogP contribution in [-0.2, 0) is 0 Å². The normalized spacial score (nSPS) is 9.94. The van der Waals surface area contributed by atoms with Crippen LogP contribution in [0.15, 0.2) is 36.7 Å². The van der Waals surface area contributed by atoms with Crippen LogP contribution in [-0.4, -0.2) is 15.9 Å². The number of anilines is 2. The third kappa shape index (κ3) is 3.13. The van der Waals surface area contributed by atoms with E-state index in [1.54, 1.807) is 30.6 Å². The lowest BCUT2D eigenvalue weighted by atomic mass is 10.2. The summed E-state index contributed by atoms with van der Waals surface area (Å²) in [6.45, 7) is 0. The van der Waals surface area contributed by atoms with E-state index in [9.17, 15) is 4.79 Å². The Morgan fingerprint density at radius 3 is 2.65 bits per heavy atom. The lowest BCUT2D eigenvalue weighted by molar-refractivity contribution is 0.100. The minimum Gasteiger partial charge on any atom is -0.366 e. The number of carbonyl (C=O) groups is 1. The van der Waals surface area contributed by atoms with Gasteiger partial charge in [0.25, 0.3) is 0 Å². The zero-order valence-corrected chi connectivity index (χ0v) is 10.9. The van der Waals surface area contributed by atoms with Gasteiger partial charge >= 0.3 is 0 Å². The predicted molar refractivity (Wildman–Crippen MR) is 73.0 cm³/mol. The summed E-state index contributed by atoms with van der Waals surface area (Å²) in [6, 6.07) is 6.87. The zero-order valence-electron chi connectivity index (χ0n) is 8.72. The molecule has 0 saturated heterocycles. The van der Waals surface area contributed by atoms with Gasteiger partial charge in [-0.25, -0.2) is 9.97 Å². The number of aromatic nitrogens is 2. The second-order valence-electron chi connectivity index (χ2n) is 3.29. The summed E-state index contributed by atoms with van der Waals surface area (Å²) in [5.74, 6) is 0.0178. The molecule has 2 aromatic rings. The molecule has 0 radical (unpaired) electrons. The van der Waals surface area contributed by atoms with Crippen molar-refractivity contribution in [1.82, 2.24) is 9.97 Å². The highest BCUT2D eigenvalue weighted by atomic mass is 127. The predicted octanol–water partition coefficient (Wildman–Crippen LogP) is 1.92. The molecule has 17 heavy (non-hydrogen) atoms. The van der Waals surface area contributed by atoms with Gasteiger partial charge in [0.15, 0.2) is 0 Å². The van der Waals surface area contributed by atoms with Crippen molar-refractivity contribution in [3.8, 4) is 0 Å². The maximum atomic E-state index is 11.0. The van der Waals surface area contributed by atoms with E-state index in [-0.39, 0.29) is 0 Å². The van der Waals surface area contributed by atoms with Crippen molar-refractivity contribution in [1.29, 1.82) is 0 Å². The summed E-state index contributed by atoms with van der Waals surface area (Å²) >= 11 is 2.13. The van der Waals surface area contributed by atoms with E-state index in [4.69, 9.17) is 5.73 Å². The van der Waals surface area contributed by atoms with E-state index in [0.29, 0.717) is 11.5 Å². The second kappa shape index (κ2) is 5.09. The second-order valence-corrected chi connectivity index (χ2v) is 4.54. The van der Waals surface area contributed by atoms with Crippen LogP contribution in [0.25, 0.3) is 0 Å². The molecule has 6 heteroatoms. The largest absolute Gasteiger partial charge is 0.366 e. The molecule has 0 aliphatic rings. The van der Waals surface area contributed by atoms with Gasteiger partial charge in [0.1, 0.15) is 0 Å². The molecule has 0 bridgehead atoms. The van der Waals surface area contributed by atoms with E-state index < -0.39 is 5.91 Å². The Hall–Kier alpha value is -1.70. The number of hydrogen-bond acceptors (Lipinski definition) is 4. The van der Waals surface area contributed by atoms with Crippen molar-refractivity contribution < 1.29 is 4.79 Å². The number of nitrogens with two attached hydrogens (primary N) is 1. The van der Waals surface area contributed by atoms with Crippen molar-refractivity contribution in [3.63, 3.8) is 0 Å². The van der Waals surface area contributed by atoms with Gasteiger partial charge in [0, 0.05) is 27.2 Å². The molecule has 3 N–H and O–H groups in total. The van der Waals surface area contributed by atoms with E-state index in [2.05, 4.69) is 37.9 Å². The number of nitrogens with one attached hydrogen (secondary N) is 1. The van der Waals surface area contributed by atoms with Gasteiger partial charge in [-0.1, -0.05) is 6.07 Å². The standard InChI is InChI=1S/C11H9IN4O/c12-8-5-14-11(15-6-8)16-9-3-1-2-7(4-9)10(13)17/h1-6H,(H2,13,17)(H,14,15,16). The fraction of sp³-hybridized carbons (Fsp3) is 0. The monoisotopic (exact) mass is 340 g/mol. The van der Waals surface area contributed by atoms with Crippen LogP contribution in [0.2, 0.25) is 0 Å². The first kappa shape index (κ1) is 11.8. The van der Waals surface area contributed by atoms with Crippen LogP contribution >= 0.6 is 22.6 Å². The summed E-state index contributed by atoms with van der Waals surface area (Å²) in [6.07, 6.45) is 3.40. The van der Waals surface area contributed by atoms with Crippen molar-refractivity contribution in [2.45, 2.75) is 0 Å². The highest BCUT2D eigenvalue weighted by Gasteiger charge is 2.02. The molecule has 0 atom stereocenters. The number of nitrogens with zero attached hydrogens (tertiary/aromatic N) is 2. The quantitative estimate of drug-likeness (QED) is 0.837. The molecule has 1 aromatic heterocycles. The van der Waals surface area contributed by atoms with Gasteiger partial charge < -0.3 is 11.1 Å². The maximum absolute atomic E-state index is 11.0. The molecule has 1 amide bonds. The van der Waals surface area contributed by atoms with E-state index in [1.807, 2.05) is 6.07 Å². The van der Waals surface area contributed by atoms with Crippen LogP contribution in [0, 0.1) is 3.57 Å². The average Bonchev–Trinajstić information content (AvgIpc) is 2.32. The fourth-order valence-corrected chi connectivity index (χ4v) is 1.53. The van der Waals surface area contributed by atoms with E-state index in [1.165, 1.54) is 0 Å². The number of benzene rings is 1. The van der Waals surface area contributed by atoms with E-state index in [0.717, 1.165) is 9.26 Å². The first-order valence-electron chi connectivity index (χ1n) is 4.79. The van der Waals surface area contributed by atoms with Crippen molar-refractivity contribution >= 4 is 40.1 Å². The first-order valence-corrected chi connectivity index (χ1v) is 5.87. The minimum atomic E-state index is -0.461. The van der Waals surface area contributed by atoms with Gasteiger partial charge in [-0.05, 0) is 40.8 Å². The highest BCUT2D eigenvalue weighted by molar-refractivity contribution is 14.1.